The molecule has 2 heteroatoms. The first-order valence-corrected chi connectivity index (χ1v) is 2.17. The molecule has 2 nitrogen and oxygen atoms in total. The quantitative estimate of drug-likeness (QED) is 0.489. The van der Waals surface area contributed by atoms with Gasteiger partial charge in [-0.1, -0.05) is 12.2 Å². The molecule has 0 aliphatic carbocycles. The zero-order chi connectivity index (χ0) is 4.83. The fraction of sp³-hybridized carbons (Fsp3) is 0.600. The van der Waals surface area contributed by atoms with Crippen molar-refractivity contribution in [2.45, 2.75) is 6.92 Å². The fourth-order valence-corrected chi connectivity index (χ4v) is 0.236. The van der Waals surface area contributed by atoms with Crippen LogP contribution in [0.3, 0.4) is 0 Å². The third-order valence-corrected chi connectivity index (χ3v) is 0.558. The van der Waals surface area contributed by atoms with Crippen LogP contribution in [0.4, 0.5) is 0 Å². The van der Waals surface area contributed by atoms with E-state index in [1.807, 2.05) is 20.0 Å². The Hall–Kier alpha value is -0.340. The second kappa shape index (κ2) is 9.18. The number of nitrogens with one attached hydrogen (secondary N) is 1. The lowest BCUT2D eigenvalue weighted by Crippen LogP contribution is -2.03. The molecule has 0 amide bonds. The van der Waals surface area contributed by atoms with Gasteiger partial charge in [-0.2, -0.15) is 0 Å². The molecule has 0 atom stereocenters. The van der Waals surface area contributed by atoms with Crippen molar-refractivity contribution in [1.29, 1.82) is 0 Å². The molecule has 0 heterocycles. The van der Waals surface area contributed by atoms with E-state index in [-0.39, 0.29) is 5.48 Å². The number of hydrogen-bond acceptors (Lipinski definition) is 1. The standard InChI is InChI=1S/C5H11N.H2O/c1-3-4-5-6-2;/h3-4,6H,5H2,1-2H3;1H2/b4-3+;. The molecule has 0 bridgehead atoms. The summed E-state index contributed by atoms with van der Waals surface area (Å²) < 4.78 is 0. The summed E-state index contributed by atoms with van der Waals surface area (Å²) in [6.45, 7) is 2.99. The number of hydrogen-bond donors (Lipinski definition) is 1. The molecule has 0 radical (unpaired) electrons. The van der Waals surface area contributed by atoms with E-state index in [0.717, 1.165) is 6.54 Å². The molecule has 0 unspecified atom stereocenters. The molecule has 0 aliphatic rings. The highest BCUT2D eigenvalue weighted by Crippen LogP contribution is 1.61. The van der Waals surface area contributed by atoms with E-state index in [2.05, 4.69) is 11.4 Å². The molecule has 7 heavy (non-hydrogen) atoms. The Labute approximate surface area is 44.5 Å². The van der Waals surface area contributed by atoms with Crippen molar-refractivity contribution in [3.05, 3.63) is 12.2 Å². The SMILES string of the molecule is C/C=C/CNC.O. The minimum Gasteiger partial charge on any atom is -0.412 e. The Bertz CT molecular complexity index is 43.3. The molecule has 0 fully saturated rings. The molecule has 0 aromatic rings. The van der Waals surface area contributed by atoms with Gasteiger partial charge in [0.2, 0.25) is 0 Å². The third kappa shape index (κ3) is 10.7. The summed E-state index contributed by atoms with van der Waals surface area (Å²) in [6, 6.07) is 0. The lowest BCUT2D eigenvalue weighted by molar-refractivity contribution is 0.824. The molecule has 0 saturated heterocycles. The van der Waals surface area contributed by atoms with Gasteiger partial charge in [-0.3, -0.25) is 0 Å². The van der Waals surface area contributed by atoms with Gasteiger partial charge in [-0.05, 0) is 14.0 Å². The average molecular weight is 103 g/mol. The molecule has 0 aromatic carbocycles. The molecule has 0 saturated carbocycles. The van der Waals surface area contributed by atoms with Crippen molar-refractivity contribution in [1.82, 2.24) is 5.32 Å². The van der Waals surface area contributed by atoms with Crippen LogP contribution in [0.1, 0.15) is 6.92 Å². The summed E-state index contributed by atoms with van der Waals surface area (Å²) in [7, 11) is 1.93. The van der Waals surface area contributed by atoms with Crippen molar-refractivity contribution < 1.29 is 5.48 Å². The highest BCUT2D eigenvalue weighted by molar-refractivity contribution is 4.77. The highest BCUT2D eigenvalue weighted by Gasteiger charge is 1.61. The van der Waals surface area contributed by atoms with E-state index in [9.17, 15) is 0 Å². The molecular weight excluding hydrogens is 90.1 g/mol. The van der Waals surface area contributed by atoms with Gasteiger partial charge < -0.3 is 10.8 Å². The lowest BCUT2D eigenvalue weighted by atomic mass is 10.5. The maximum atomic E-state index is 2.98. The zero-order valence-electron chi connectivity index (χ0n) is 4.86. The van der Waals surface area contributed by atoms with E-state index in [0.29, 0.717) is 0 Å². The van der Waals surface area contributed by atoms with Crippen LogP contribution in [-0.2, 0) is 0 Å². The van der Waals surface area contributed by atoms with E-state index in [1.165, 1.54) is 0 Å². The Kier molecular flexibility index (Phi) is 12.9. The summed E-state index contributed by atoms with van der Waals surface area (Å²) in [4.78, 5) is 0. The molecule has 0 aliphatic heterocycles. The average Bonchev–Trinajstić information content (AvgIpc) is 1.61. The van der Waals surface area contributed by atoms with Crippen LogP contribution in [0, 0.1) is 0 Å². The van der Waals surface area contributed by atoms with E-state index >= 15 is 0 Å². The van der Waals surface area contributed by atoms with Crippen molar-refractivity contribution in [2.75, 3.05) is 13.6 Å². The summed E-state index contributed by atoms with van der Waals surface area (Å²) in [6.07, 6.45) is 4.09. The van der Waals surface area contributed by atoms with Gasteiger partial charge in [0, 0.05) is 6.54 Å². The first-order chi connectivity index (χ1) is 2.91. The van der Waals surface area contributed by atoms with Crippen LogP contribution in [-0.4, -0.2) is 19.1 Å². The lowest BCUT2D eigenvalue weighted by Gasteiger charge is -1.81. The predicted molar refractivity (Wildman–Crippen MR) is 32.4 cm³/mol. The van der Waals surface area contributed by atoms with E-state index in [1.54, 1.807) is 0 Å². The van der Waals surface area contributed by atoms with Crippen LogP contribution in [0.5, 0.6) is 0 Å². The summed E-state index contributed by atoms with van der Waals surface area (Å²) >= 11 is 0. The van der Waals surface area contributed by atoms with Gasteiger partial charge in [0.15, 0.2) is 0 Å². The first kappa shape index (κ1) is 9.83. The van der Waals surface area contributed by atoms with E-state index < -0.39 is 0 Å². The van der Waals surface area contributed by atoms with Crippen LogP contribution in [0.15, 0.2) is 12.2 Å². The zero-order valence-corrected chi connectivity index (χ0v) is 4.86. The van der Waals surface area contributed by atoms with Crippen LogP contribution >= 0.6 is 0 Å². The molecule has 3 N–H and O–H groups in total. The molecule has 0 rings (SSSR count). The van der Waals surface area contributed by atoms with Crippen molar-refractivity contribution in [2.24, 2.45) is 0 Å². The number of likely N-dealkylation sites (N-methyl/N-ethyl adjacent to an activating group) is 1. The van der Waals surface area contributed by atoms with Gasteiger partial charge >= 0.3 is 0 Å². The third-order valence-electron chi connectivity index (χ3n) is 0.558. The Morgan fingerprint density at radius 3 is 2.29 bits per heavy atom. The van der Waals surface area contributed by atoms with Crippen molar-refractivity contribution in [3.63, 3.8) is 0 Å². The number of rotatable bonds is 2. The van der Waals surface area contributed by atoms with Crippen molar-refractivity contribution in [3.8, 4) is 0 Å². The molecule has 0 spiro atoms. The maximum Gasteiger partial charge on any atom is 0.0131 e. The van der Waals surface area contributed by atoms with Crippen molar-refractivity contribution >= 4 is 0 Å². The minimum absolute atomic E-state index is 0. The van der Waals surface area contributed by atoms with Crippen LogP contribution in [0.25, 0.3) is 0 Å². The smallest absolute Gasteiger partial charge is 0.0131 e. The molecule has 44 valence electrons. The van der Waals surface area contributed by atoms with Gasteiger partial charge in [0.1, 0.15) is 0 Å². The Balaban J connectivity index is 0. The second-order valence-electron chi connectivity index (χ2n) is 1.13. The monoisotopic (exact) mass is 103 g/mol. The number of allylic oxidation sites excluding steroid dienone is 1. The Morgan fingerprint density at radius 2 is 2.14 bits per heavy atom. The van der Waals surface area contributed by atoms with Gasteiger partial charge in [-0.25, -0.2) is 0 Å². The van der Waals surface area contributed by atoms with Crippen LogP contribution < -0.4 is 5.32 Å². The normalized spacial score (nSPS) is 8.86. The summed E-state index contributed by atoms with van der Waals surface area (Å²) in [5, 5.41) is 2.98. The largest absolute Gasteiger partial charge is 0.412 e. The van der Waals surface area contributed by atoms with Gasteiger partial charge in [0.25, 0.3) is 0 Å². The van der Waals surface area contributed by atoms with E-state index in [4.69, 9.17) is 0 Å². The summed E-state index contributed by atoms with van der Waals surface area (Å²) in [5.41, 5.74) is 0. The maximum absolute atomic E-state index is 2.98. The van der Waals surface area contributed by atoms with Gasteiger partial charge in [-0.15, -0.1) is 0 Å². The highest BCUT2D eigenvalue weighted by atomic mass is 16.0. The summed E-state index contributed by atoms with van der Waals surface area (Å²) in [5.74, 6) is 0. The van der Waals surface area contributed by atoms with Crippen LogP contribution in [0.2, 0.25) is 0 Å². The Morgan fingerprint density at radius 1 is 1.57 bits per heavy atom. The molecular formula is C5H13NO. The van der Waals surface area contributed by atoms with Gasteiger partial charge in [0.05, 0.1) is 0 Å². The minimum atomic E-state index is 0. The predicted octanol–water partition coefficient (Wildman–Crippen LogP) is -0.0428. The fourth-order valence-electron chi connectivity index (χ4n) is 0.236. The second-order valence-corrected chi connectivity index (χ2v) is 1.13. The topological polar surface area (TPSA) is 43.5 Å². The molecule has 0 aromatic heterocycles. The first-order valence-electron chi connectivity index (χ1n) is 2.17.